The number of ketones is 1. The van der Waals surface area contributed by atoms with Gasteiger partial charge in [-0.1, -0.05) is 11.6 Å². The fourth-order valence-electron chi connectivity index (χ4n) is 2.63. The zero-order valence-corrected chi connectivity index (χ0v) is 14.6. The van der Waals surface area contributed by atoms with Gasteiger partial charge in [-0.15, -0.1) is 0 Å². The molecule has 1 aromatic carbocycles. The lowest BCUT2D eigenvalue weighted by Gasteiger charge is -2.16. The summed E-state index contributed by atoms with van der Waals surface area (Å²) in [5.74, 6) is -1.03. The van der Waals surface area contributed by atoms with Gasteiger partial charge in [-0.25, -0.2) is 0 Å². The number of esters is 1. The Balaban J connectivity index is 2.19. The molecule has 0 fully saturated rings. The molecule has 0 bridgehead atoms. The molecule has 130 valence electrons. The minimum Gasteiger partial charge on any atom is -0.460 e. The first kappa shape index (κ1) is 17.3. The van der Waals surface area contributed by atoms with Crippen LogP contribution in [-0.2, 0) is 10.4 Å². The van der Waals surface area contributed by atoms with Crippen LogP contribution in [0.3, 0.4) is 0 Å². The monoisotopic (exact) mass is 361 g/mol. The minimum absolute atomic E-state index is 0.0291. The minimum atomic E-state index is -1.27. The molecule has 0 aliphatic carbocycles. The van der Waals surface area contributed by atoms with Gasteiger partial charge in [-0.3, -0.25) is 9.59 Å². The number of halogens is 1. The van der Waals surface area contributed by atoms with Gasteiger partial charge in [0.15, 0.2) is 11.5 Å². The van der Waals surface area contributed by atoms with Crippen molar-refractivity contribution in [2.45, 2.75) is 26.4 Å². The van der Waals surface area contributed by atoms with Gasteiger partial charge in [-0.2, -0.15) is 0 Å². The second-order valence-corrected chi connectivity index (χ2v) is 6.60. The Morgan fingerprint density at radius 3 is 2.64 bits per heavy atom. The Hall–Kier alpha value is -2.57. The van der Waals surface area contributed by atoms with Crippen LogP contribution in [0.5, 0.6) is 5.75 Å². The van der Waals surface area contributed by atoms with Crippen molar-refractivity contribution < 1.29 is 23.8 Å². The fraction of sp³-hybridized carbons (Fsp3) is 0.222. The molecule has 3 aromatic rings. The van der Waals surface area contributed by atoms with E-state index in [0.29, 0.717) is 21.5 Å². The van der Waals surface area contributed by atoms with Crippen LogP contribution in [0, 0.1) is 0 Å². The van der Waals surface area contributed by atoms with E-state index < -0.39 is 17.4 Å². The Morgan fingerprint density at radius 2 is 2.00 bits per heavy atom. The normalized spacial score (nSPS) is 11.7. The first-order valence-corrected chi connectivity index (χ1v) is 7.91. The van der Waals surface area contributed by atoms with Crippen molar-refractivity contribution in [3.05, 3.63) is 52.6 Å². The molecule has 0 aliphatic rings. The number of hydrogen-bond acceptors (Lipinski definition) is 5. The van der Waals surface area contributed by atoms with E-state index in [1.807, 2.05) is 0 Å². The van der Waals surface area contributed by atoms with Gasteiger partial charge in [0.1, 0.15) is 5.69 Å². The maximum Gasteiger partial charge on any atom is 0.308 e. The van der Waals surface area contributed by atoms with Crippen LogP contribution >= 0.6 is 11.6 Å². The molecule has 25 heavy (non-hydrogen) atoms. The molecule has 0 atom stereocenters. The molecule has 2 heterocycles. The number of aromatic amines is 1. The molecule has 0 spiro atoms. The van der Waals surface area contributed by atoms with Crippen molar-refractivity contribution in [2.24, 2.45) is 0 Å². The molecule has 3 rings (SSSR count). The molecule has 0 radical (unpaired) electrons. The number of carbonyl (C=O) groups excluding carboxylic acids is 2. The zero-order valence-electron chi connectivity index (χ0n) is 13.8. The number of benzene rings is 1. The highest BCUT2D eigenvalue weighted by molar-refractivity contribution is 6.31. The molecular formula is C18H16ClNO5. The van der Waals surface area contributed by atoms with Crippen molar-refractivity contribution in [2.75, 3.05) is 0 Å². The maximum atomic E-state index is 13.0. The first-order valence-electron chi connectivity index (χ1n) is 7.53. The lowest BCUT2D eigenvalue weighted by Crippen LogP contribution is -2.19. The van der Waals surface area contributed by atoms with Crippen molar-refractivity contribution >= 4 is 34.3 Å². The number of fused-ring (bicyclic) bond motifs is 1. The third-order valence-electron chi connectivity index (χ3n) is 3.72. The smallest absolute Gasteiger partial charge is 0.308 e. The number of ether oxygens (including phenoxy) is 1. The van der Waals surface area contributed by atoms with Gasteiger partial charge < -0.3 is 19.2 Å². The average Bonchev–Trinajstić information content (AvgIpc) is 3.11. The number of rotatable bonds is 4. The van der Waals surface area contributed by atoms with Crippen molar-refractivity contribution in [1.29, 1.82) is 0 Å². The summed E-state index contributed by atoms with van der Waals surface area (Å²) in [5, 5.41) is 11.2. The highest BCUT2D eigenvalue weighted by atomic mass is 35.5. The van der Waals surface area contributed by atoms with Gasteiger partial charge in [-0.05, 0) is 38.1 Å². The Kier molecular flexibility index (Phi) is 4.18. The maximum absolute atomic E-state index is 13.0. The Labute approximate surface area is 148 Å². The van der Waals surface area contributed by atoms with Crippen LogP contribution in [0.2, 0.25) is 5.02 Å². The van der Waals surface area contributed by atoms with Crippen LogP contribution in [0.1, 0.15) is 42.6 Å². The number of carbonyl (C=O) groups is 2. The molecule has 0 saturated carbocycles. The summed E-state index contributed by atoms with van der Waals surface area (Å²) in [6.07, 6.45) is 1.32. The summed E-state index contributed by atoms with van der Waals surface area (Å²) >= 11 is 5.99. The molecule has 2 aromatic heterocycles. The van der Waals surface area contributed by atoms with Gasteiger partial charge in [0.2, 0.25) is 5.78 Å². The number of hydrogen-bond donors (Lipinski definition) is 2. The Bertz CT molecular complexity index is 977. The van der Waals surface area contributed by atoms with E-state index in [2.05, 4.69) is 4.98 Å². The van der Waals surface area contributed by atoms with E-state index >= 15 is 0 Å². The third kappa shape index (κ3) is 3.18. The number of aromatic nitrogens is 1. The average molecular weight is 362 g/mol. The lowest BCUT2D eigenvalue weighted by molar-refractivity contribution is -0.131. The van der Waals surface area contributed by atoms with E-state index in [0.717, 1.165) is 0 Å². The first-order chi connectivity index (χ1) is 11.7. The van der Waals surface area contributed by atoms with Crippen molar-refractivity contribution in [3.63, 3.8) is 0 Å². The third-order valence-corrected chi connectivity index (χ3v) is 3.95. The molecular weight excluding hydrogens is 346 g/mol. The number of furan rings is 1. The molecule has 6 nitrogen and oxygen atoms in total. The molecule has 0 amide bonds. The van der Waals surface area contributed by atoms with Crippen LogP contribution in [0.4, 0.5) is 0 Å². The van der Waals surface area contributed by atoms with E-state index in [9.17, 15) is 14.7 Å². The molecule has 2 N–H and O–H groups in total. The quantitative estimate of drug-likeness (QED) is 0.544. The summed E-state index contributed by atoms with van der Waals surface area (Å²) < 4.78 is 10.5. The van der Waals surface area contributed by atoms with Crippen LogP contribution in [0.25, 0.3) is 10.9 Å². The number of nitrogens with one attached hydrogen (secondary N) is 1. The number of aliphatic hydroxyl groups is 1. The molecule has 7 heteroatoms. The van der Waals surface area contributed by atoms with Crippen LogP contribution < -0.4 is 4.74 Å². The largest absolute Gasteiger partial charge is 0.460 e. The highest BCUT2D eigenvalue weighted by Gasteiger charge is 2.30. The predicted molar refractivity (Wildman–Crippen MR) is 92.0 cm³/mol. The summed E-state index contributed by atoms with van der Waals surface area (Å²) in [4.78, 5) is 27.4. The van der Waals surface area contributed by atoms with Gasteiger partial charge >= 0.3 is 5.97 Å². The second kappa shape index (κ2) is 6.06. The standard InChI is InChI=1S/C18H16ClNO5/c1-9(21)25-16-11-5-4-10(19)8-13(11)20-14(16)15(22)17-12(6-7-24-17)18(2,3)23/h4-8,20,23H,1-3H3. The number of H-pyrrole nitrogens is 1. The summed E-state index contributed by atoms with van der Waals surface area (Å²) in [5.41, 5.74) is -0.339. The van der Waals surface area contributed by atoms with Crippen molar-refractivity contribution in [1.82, 2.24) is 4.98 Å². The van der Waals surface area contributed by atoms with E-state index in [4.69, 9.17) is 20.8 Å². The highest BCUT2D eigenvalue weighted by Crippen LogP contribution is 2.35. The SMILES string of the molecule is CC(=O)Oc1c(C(=O)c2occc2C(C)(C)O)[nH]c2cc(Cl)ccc12. The molecule has 0 saturated heterocycles. The summed E-state index contributed by atoms with van der Waals surface area (Å²) in [6, 6.07) is 6.44. The van der Waals surface area contributed by atoms with Crippen molar-refractivity contribution in [3.8, 4) is 5.75 Å². The van der Waals surface area contributed by atoms with Crippen LogP contribution in [-0.4, -0.2) is 21.8 Å². The van der Waals surface area contributed by atoms with E-state index in [1.54, 1.807) is 32.0 Å². The second-order valence-electron chi connectivity index (χ2n) is 6.16. The fourth-order valence-corrected chi connectivity index (χ4v) is 2.81. The van der Waals surface area contributed by atoms with Gasteiger partial charge in [0.05, 0.1) is 17.4 Å². The summed E-state index contributed by atoms with van der Waals surface area (Å²) in [6.45, 7) is 4.34. The summed E-state index contributed by atoms with van der Waals surface area (Å²) in [7, 11) is 0. The zero-order chi connectivity index (χ0) is 18.4. The Morgan fingerprint density at radius 1 is 1.28 bits per heavy atom. The molecule has 0 unspecified atom stereocenters. The van der Waals surface area contributed by atoms with Gasteiger partial charge in [0, 0.05) is 22.9 Å². The topological polar surface area (TPSA) is 92.5 Å². The van der Waals surface area contributed by atoms with Crippen LogP contribution in [0.15, 0.2) is 34.9 Å². The van der Waals surface area contributed by atoms with Gasteiger partial charge in [0.25, 0.3) is 0 Å². The van der Waals surface area contributed by atoms with E-state index in [1.165, 1.54) is 19.3 Å². The predicted octanol–water partition coefficient (Wildman–Crippen LogP) is 3.80. The van der Waals surface area contributed by atoms with E-state index in [-0.39, 0.29) is 17.2 Å². The lowest BCUT2D eigenvalue weighted by atomic mass is 9.96. The molecule has 0 aliphatic heterocycles.